The molecule has 0 saturated heterocycles. The maximum Gasteiger partial charge on any atom is 0.0746 e. The van der Waals surface area contributed by atoms with Gasteiger partial charge in [0.2, 0.25) is 0 Å². The molecule has 0 spiro atoms. The van der Waals surface area contributed by atoms with Gasteiger partial charge in [-0.25, -0.2) is 8.57 Å². The zero-order chi connectivity index (χ0) is 10.6. The van der Waals surface area contributed by atoms with E-state index in [2.05, 4.69) is 11.3 Å². The highest BCUT2D eigenvalue weighted by Gasteiger charge is 2.07. The zero-order valence-electron chi connectivity index (χ0n) is 8.99. The average molecular weight is 211 g/mol. The minimum absolute atomic E-state index is 0.578. The second-order valence-electron chi connectivity index (χ2n) is 3.11. The molecule has 0 saturated carbocycles. The maximum atomic E-state index is 12.2. The minimum atomic E-state index is -2.14. The van der Waals surface area contributed by atoms with E-state index in [-0.39, 0.29) is 0 Å². The van der Waals surface area contributed by atoms with Crippen molar-refractivity contribution in [3.05, 3.63) is 29.8 Å². The van der Waals surface area contributed by atoms with Crippen LogP contribution in [-0.4, -0.2) is 17.0 Å². The Balaban J connectivity index is 3.15. The maximum absolute atomic E-state index is 12.2. The number of aryl methyl sites for hydroxylation is 1. The summed E-state index contributed by atoms with van der Waals surface area (Å²) in [6, 6.07) is 7.90. The summed E-state index contributed by atoms with van der Waals surface area (Å²) in [6.07, 6.45) is 1.01. The van der Waals surface area contributed by atoms with Gasteiger partial charge in [0.25, 0.3) is 0 Å². The van der Waals surface area contributed by atoms with Crippen LogP contribution in [0.1, 0.15) is 19.4 Å². The van der Waals surface area contributed by atoms with E-state index >= 15 is 0 Å². The monoisotopic (exact) mass is 211 g/mol. The Kier molecular flexibility index (Phi) is 3.69. The number of nitrogens with zero attached hydrogens (tertiary/aromatic N) is 1. The van der Waals surface area contributed by atoms with Gasteiger partial charge in [0, 0.05) is 17.7 Å². The summed E-state index contributed by atoms with van der Waals surface area (Å²) in [5.74, 6) is 0.578. The first kappa shape index (κ1) is 11.2. The van der Waals surface area contributed by atoms with E-state index in [4.69, 9.17) is 0 Å². The lowest BCUT2D eigenvalue weighted by Gasteiger charge is -2.06. The van der Waals surface area contributed by atoms with Gasteiger partial charge >= 0.3 is 0 Å². The highest BCUT2D eigenvalue weighted by Crippen LogP contribution is 2.14. The van der Waals surface area contributed by atoms with Gasteiger partial charge in [-0.15, -0.1) is 0 Å². The number of rotatable bonds is 3. The van der Waals surface area contributed by atoms with Crippen LogP contribution in [0, 0.1) is 0 Å². The van der Waals surface area contributed by atoms with Crippen LogP contribution in [0.25, 0.3) is 0 Å². The summed E-state index contributed by atoms with van der Waals surface area (Å²) in [6.45, 7) is 4.01. The van der Waals surface area contributed by atoms with E-state index in [1.807, 2.05) is 31.2 Å². The molecule has 0 N–H and O–H groups in total. The first-order chi connectivity index (χ1) is 6.66. The van der Waals surface area contributed by atoms with Gasteiger partial charge in [-0.05, 0) is 24.1 Å². The lowest BCUT2D eigenvalue weighted by molar-refractivity contribution is 0.677. The summed E-state index contributed by atoms with van der Waals surface area (Å²) >= 11 is 0. The molecular weight excluding hydrogens is 194 g/mol. The molecule has 1 aromatic carbocycles. The topological polar surface area (TPSA) is 29.4 Å². The van der Waals surface area contributed by atoms with Crippen LogP contribution < -0.4 is 0 Å². The standard InChI is InChI=1S/C11H17NOS/c1-4-10-6-8-11(9-7-10)14(13,5-2)12-3/h6-9H,4-5H2,1-3H3. The largest absolute Gasteiger partial charge is 0.245 e. The molecule has 0 bridgehead atoms. The quantitative estimate of drug-likeness (QED) is 0.756. The molecule has 1 rings (SSSR count). The second kappa shape index (κ2) is 4.60. The Morgan fingerprint density at radius 2 is 1.79 bits per heavy atom. The van der Waals surface area contributed by atoms with Crippen molar-refractivity contribution < 1.29 is 4.21 Å². The fraction of sp³-hybridized carbons (Fsp3) is 0.455. The predicted octanol–water partition coefficient (Wildman–Crippen LogP) is 2.73. The number of hydrogen-bond acceptors (Lipinski definition) is 2. The SMILES string of the molecule is CCc1ccc(S(=O)(CC)=NC)cc1. The van der Waals surface area contributed by atoms with E-state index in [0.717, 1.165) is 11.3 Å². The van der Waals surface area contributed by atoms with Crippen molar-refractivity contribution in [2.75, 3.05) is 12.8 Å². The molecule has 14 heavy (non-hydrogen) atoms. The van der Waals surface area contributed by atoms with Crippen LogP contribution in [-0.2, 0) is 16.1 Å². The Bertz CT molecular complexity index is 400. The van der Waals surface area contributed by atoms with Gasteiger partial charge in [0.15, 0.2) is 0 Å². The van der Waals surface area contributed by atoms with Crippen molar-refractivity contribution in [3.63, 3.8) is 0 Å². The molecule has 0 radical (unpaired) electrons. The first-order valence-electron chi connectivity index (χ1n) is 4.88. The van der Waals surface area contributed by atoms with Gasteiger partial charge in [-0.2, -0.15) is 0 Å². The van der Waals surface area contributed by atoms with Crippen molar-refractivity contribution in [2.45, 2.75) is 25.2 Å². The van der Waals surface area contributed by atoms with Crippen LogP contribution in [0.15, 0.2) is 33.5 Å². The Hall–Kier alpha value is -0.830. The molecule has 2 nitrogen and oxygen atoms in total. The zero-order valence-corrected chi connectivity index (χ0v) is 9.80. The van der Waals surface area contributed by atoms with Gasteiger partial charge < -0.3 is 0 Å². The highest BCUT2D eigenvalue weighted by molar-refractivity contribution is 7.93. The summed E-state index contributed by atoms with van der Waals surface area (Å²) in [5.41, 5.74) is 1.27. The molecule has 3 heteroatoms. The van der Waals surface area contributed by atoms with Crippen molar-refractivity contribution in [1.29, 1.82) is 0 Å². The normalized spacial score (nSPS) is 14.8. The summed E-state index contributed by atoms with van der Waals surface area (Å²) < 4.78 is 16.1. The van der Waals surface area contributed by atoms with Crippen molar-refractivity contribution in [2.24, 2.45) is 4.36 Å². The van der Waals surface area contributed by atoms with Gasteiger partial charge in [-0.1, -0.05) is 26.0 Å². The van der Waals surface area contributed by atoms with Crippen molar-refractivity contribution in [3.8, 4) is 0 Å². The van der Waals surface area contributed by atoms with E-state index in [1.165, 1.54) is 5.56 Å². The molecule has 1 unspecified atom stereocenters. The average Bonchev–Trinajstić information content (AvgIpc) is 2.28. The Morgan fingerprint density at radius 1 is 1.21 bits per heavy atom. The Labute approximate surface area is 86.5 Å². The van der Waals surface area contributed by atoms with Crippen molar-refractivity contribution in [1.82, 2.24) is 0 Å². The third-order valence-corrected chi connectivity index (χ3v) is 4.77. The summed E-state index contributed by atoms with van der Waals surface area (Å²) in [4.78, 5) is 0.847. The van der Waals surface area contributed by atoms with Crippen LogP contribution in [0.2, 0.25) is 0 Å². The molecular formula is C11H17NOS. The van der Waals surface area contributed by atoms with E-state index in [9.17, 15) is 4.21 Å². The molecule has 0 heterocycles. The third kappa shape index (κ3) is 2.15. The first-order valence-corrected chi connectivity index (χ1v) is 6.56. The third-order valence-electron chi connectivity index (χ3n) is 2.39. The molecule has 0 aliphatic carbocycles. The van der Waals surface area contributed by atoms with Crippen molar-refractivity contribution >= 4 is 9.73 Å². The Morgan fingerprint density at radius 3 is 2.14 bits per heavy atom. The summed E-state index contributed by atoms with van der Waals surface area (Å²) in [7, 11) is -0.519. The second-order valence-corrected chi connectivity index (χ2v) is 5.80. The molecule has 0 amide bonds. The van der Waals surface area contributed by atoms with Gasteiger partial charge in [0.05, 0.1) is 9.73 Å². The predicted molar refractivity (Wildman–Crippen MR) is 61.1 cm³/mol. The van der Waals surface area contributed by atoms with Crippen LogP contribution >= 0.6 is 0 Å². The van der Waals surface area contributed by atoms with E-state index in [1.54, 1.807) is 7.05 Å². The van der Waals surface area contributed by atoms with E-state index < -0.39 is 9.73 Å². The molecule has 78 valence electrons. The van der Waals surface area contributed by atoms with Crippen LogP contribution in [0.3, 0.4) is 0 Å². The lowest BCUT2D eigenvalue weighted by atomic mass is 10.2. The highest BCUT2D eigenvalue weighted by atomic mass is 32.2. The van der Waals surface area contributed by atoms with Crippen LogP contribution in [0.4, 0.5) is 0 Å². The molecule has 1 atom stereocenters. The fourth-order valence-electron chi connectivity index (χ4n) is 1.34. The molecule has 0 aromatic heterocycles. The smallest absolute Gasteiger partial charge is 0.0746 e. The molecule has 0 aliphatic heterocycles. The molecule has 1 aromatic rings. The fourth-order valence-corrected chi connectivity index (χ4v) is 2.70. The van der Waals surface area contributed by atoms with Crippen LogP contribution in [0.5, 0.6) is 0 Å². The van der Waals surface area contributed by atoms with Gasteiger partial charge in [0.1, 0.15) is 0 Å². The minimum Gasteiger partial charge on any atom is -0.245 e. The molecule has 0 aliphatic rings. The van der Waals surface area contributed by atoms with Gasteiger partial charge in [-0.3, -0.25) is 0 Å². The number of hydrogen-bond donors (Lipinski definition) is 0. The lowest BCUT2D eigenvalue weighted by Crippen LogP contribution is -2.03. The van der Waals surface area contributed by atoms with E-state index in [0.29, 0.717) is 5.75 Å². The number of benzene rings is 1. The summed E-state index contributed by atoms with van der Waals surface area (Å²) in [5, 5.41) is 0. The molecule has 0 fully saturated rings.